The summed E-state index contributed by atoms with van der Waals surface area (Å²) in [6, 6.07) is 1.23. The number of carbonyl (C=O) groups is 1. The standard InChI is InChI=1S/C10H13BrN2O4S2/c11-9-8(5-7(18-9)10(14)15)19(16,17)13-3-1-6(12)2-4-13/h5-6H,1-4,12H2,(H,14,15). The van der Waals surface area contributed by atoms with Gasteiger partial charge in [0.05, 0.1) is 3.79 Å². The predicted molar refractivity (Wildman–Crippen MR) is 74.9 cm³/mol. The molecule has 1 saturated heterocycles. The number of carboxylic acids is 1. The van der Waals surface area contributed by atoms with E-state index in [2.05, 4.69) is 15.9 Å². The highest BCUT2D eigenvalue weighted by molar-refractivity contribution is 9.11. The van der Waals surface area contributed by atoms with Gasteiger partial charge in [0.25, 0.3) is 0 Å². The van der Waals surface area contributed by atoms with Crippen LogP contribution in [0.3, 0.4) is 0 Å². The zero-order valence-corrected chi connectivity index (χ0v) is 13.1. The number of piperidine rings is 1. The van der Waals surface area contributed by atoms with Crippen LogP contribution in [-0.2, 0) is 10.0 Å². The minimum atomic E-state index is -3.65. The maximum absolute atomic E-state index is 12.4. The summed E-state index contributed by atoms with van der Waals surface area (Å²) in [5.41, 5.74) is 5.75. The molecular weight excluding hydrogens is 356 g/mol. The van der Waals surface area contributed by atoms with E-state index in [9.17, 15) is 13.2 Å². The van der Waals surface area contributed by atoms with Crippen molar-refractivity contribution in [3.63, 3.8) is 0 Å². The van der Waals surface area contributed by atoms with Crippen LogP contribution in [0.5, 0.6) is 0 Å². The molecule has 19 heavy (non-hydrogen) atoms. The summed E-state index contributed by atoms with van der Waals surface area (Å²) in [6.45, 7) is 0.738. The lowest BCUT2D eigenvalue weighted by molar-refractivity contribution is 0.0702. The first-order valence-electron chi connectivity index (χ1n) is 5.60. The van der Waals surface area contributed by atoms with Crippen LogP contribution in [0.25, 0.3) is 0 Å². The second kappa shape index (κ2) is 5.49. The third kappa shape index (κ3) is 3.00. The molecule has 0 unspecified atom stereocenters. The number of hydrogen-bond donors (Lipinski definition) is 2. The highest BCUT2D eigenvalue weighted by Gasteiger charge is 2.31. The van der Waals surface area contributed by atoms with Crippen LogP contribution in [-0.4, -0.2) is 42.9 Å². The lowest BCUT2D eigenvalue weighted by atomic mass is 10.1. The van der Waals surface area contributed by atoms with Gasteiger partial charge >= 0.3 is 5.97 Å². The first kappa shape index (κ1) is 14.9. The number of nitrogens with zero attached hydrogens (tertiary/aromatic N) is 1. The number of carboxylic acid groups (broad SMARTS) is 1. The minimum Gasteiger partial charge on any atom is -0.477 e. The van der Waals surface area contributed by atoms with Gasteiger partial charge in [0.15, 0.2) is 0 Å². The zero-order valence-electron chi connectivity index (χ0n) is 9.87. The molecule has 0 bridgehead atoms. The quantitative estimate of drug-likeness (QED) is 0.837. The lowest BCUT2D eigenvalue weighted by Gasteiger charge is -2.29. The summed E-state index contributed by atoms with van der Waals surface area (Å²) >= 11 is 4.02. The molecule has 0 saturated carbocycles. The predicted octanol–water partition coefficient (Wildman–Crippen LogP) is 1.32. The Hall–Kier alpha value is -0.480. The van der Waals surface area contributed by atoms with E-state index in [1.165, 1.54) is 10.4 Å². The molecule has 2 rings (SSSR count). The second-order valence-corrected chi connectivity index (χ2v) is 8.57. The molecule has 1 aliphatic rings. The molecule has 1 fully saturated rings. The van der Waals surface area contributed by atoms with E-state index in [-0.39, 0.29) is 15.8 Å². The van der Waals surface area contributed by atoms with Gasteiger partial charge in [-0.1, -0.05) is 0 Å². The van der Waals surface area contributed by atoms with Crippen LogP contribution in [0.1, 0.15) is 22.5 Å². The maximum atomic E-state index is 12.4. The van der Waals surface area contributed by atoms with Gasteiger partial charge in [-0.3, -0.25) is 0 Å². The summed E-state index contributed by atoms with van der Waals surface area (Å²) in [5.74, 6) is -1.13. The van der Waals surface area contributed by atoms with Gasteiger partial charge in [0, 0.05) is 19.1 Å². The molecular formula is C10H13BrN2O4S2. The van der Waals surface area contributed by atoms with Gasteiger partial charge in [-0.25, -0.2) is 13.2 Å². The highest BCUT2D eigenvalue weighted by atomic mass is 79.9. The summed E-state index contributed by atoms with van der Waals surface area (Å²) < 4.78 is 26.5. The van der Waals surface area contributed by atoms with E-state index in [1.807, 2.05) is 0 Å². The first-order valence-corrected chi connectivity index (χ1v) is 8.65. The average molecular weight is 369 g/mol. The van der Waals surface area contributed by atoms with Crippen molar-refractivity contribution in [3.8, 4) is 0 Å². The van der Waals surface area contributed by atoms with E-state index >= 15 is 0 Å². The molecule has 2 heterocycles. The van der Waals surface area contributed by atoms with Crippen molar-refractivity contribution in [2.45, 2.75) is 23.8 Å². The van der Waals surface area contributed by atoms with E-state index in [0.717, 1.165) is 11.3 Å². The Labute approximate surface area is 123 Å². The third-order valence-corrected chi connectivity index (χ3v) is 7.12. The van der Waals surface area contributed by atoms with Crippen molar-refractivity contribution in [1.29, 1.82) is 0 Å². The molecule has 0 radical (unpaired) electrons. The molecule has 0 aliphatic carbocycles. The van der Waals surface area contributed by atoms with Gasteiger partial charge in [-0.15, -0.1) is 11.3 Å². The second-order valence-electron chi connectivity index (χ2n) is 4.30. The Balaban J connectivity index is 2.32. The molecule has 0 amide bonds. The number of nitrogens with two attached hydrogens (primary N) is 1. The van der Waals surface area contributed by atoms with Crippen molar-refractivity contribution in [2.24, 2.45) is 5.73 Å². The number of halogens is 1. The molecule has 0 atom stereocenters. The summed E-state index contributed by atoms with van der Waals surface area (Å²) in [7, 11) is -3.65. The maximum Gasteiger partial charge on any atom is 0.345 e. The first-order chi connectivity index (χ1) is 8.82. The van der Waals surface area contributed by atoms with Crippen LogP contribution in [0.15, 0.2) is 14.7 Å². The van der Waals surface area contributed by atoms with Crippen molar-refractivity contribution < 1.29 is 18.3 Å². The smallest absolute Gasteiger partial charge is 0.345 e. The molecule has 0 aromatic carbocycles. The van der Waals surface area contributed by atoms with Gasteiger partial charge < -0.3 is 10.8 Å². The average Bonchev–Trinajstić information content (AvgIpc) is 2.73. The molecule has 0 spiro atoms. The molecule has 3 N–H and O–H groups in total. The molecule has 1 aromatic heterocycles. The fourth-order valence-electron chi connectivity index (χ4n) is 1.89. The zero-order chi connectivity index (χ0) is 14.2. The molecule has 1 aromatic rings. The number of sulfonamides is 1. The normalized spacial score (nSPS) is 18.6. The van der Waals surface area contributed by atoms with Gasteiger partial charge in [0.1, 0.15) is 9.77 Å². The Bertz CT molecular complexity index is 591. The van der Waals surface area contributed by atoms with Crippen LogP contribution < -0.4 is 5.73 Å². The fourth-order valence-corrected chi connectivity index (χ4v) is 5.71. The van der Waals surface area contributed by atoms with E-state index < -0.39 is 16.0 Å². The largest absolute Gasteiger partial charge is 0.477 e. The Morgan fingerprint density at radius 2 is 2.05 bits per heavy atom. The van der Waals surface area contributed by atoms with Crippen molar-refractivity contribution >= 4 is 43.3 Å². The number of thiophene rings is 1. The summed E-state index contributed by atoms with van der Waals surface area (Å²) in [6.07, 6.45) is 1.24. The van der Waals surface area contributed by atoms with E-state index in [4.69, 9.17) is 10.8 Å². The molecule has 1 aliphatic heterocycles. The van der Waals surface area contributed by atoms with Crippen LogP contribution in [0.4, 0.5) is 0 Å². The number of aromatic carboxylic acids is 1. The Morgan fingerprint density at radius 3 is 2.53 bits per heavy atom. The number of rotatable bonds is 3. The monoisotopic (exact) mass is 368 g/mol. The SMILES string of the molecule is NC1CCN(S(=O)(=O)c2cc(C(=O)O)sc2Br)CC1. The third-order valence-electron chi connectivity index (χ3n) is 2.98. The number of hydrogen-bond acceptors (Lipinski definition) is 5. The van der Waals surface area contributed by atoms with Gasteiger partial charge in [-0.2, -0.15) is 4.31 Å². The van der Waals surface area contributed by atoms with E-state index in [1.54, 1.807) is 0 Å². The van der Waals surface area contributed by atoms with Crippen molar-refractivity contribution in [1.82, 2.24) is 4.31 Å². The van der Waals surface area contributed by atoms with Gasteiger partial charge in [0.2, 0.25) is 10.0 Å². The Morgan fingerprint density at radius 1 is 1.47 bits per heavy atom. The van der Waals surface area contributed by atoms with Gasteiger partial charge in [-0.05, 0) is 34.8 Å². The van der Waals surface area contributed by atoms with Crippen LogP contribution in [0, 0.1) is 0 Å². The minimum absolute atomic E-state index is 0.000777. The van der Waals surface area contributed by atoms with Crippen LogP contribution >= 0.6 is 27.3 Å². The summed E-state index contributed by atoms with van der Waals surface area (Å²) in [4.78, 5) is 10.9. The molecule has 9 heteroatoms. The van der Waals surface area contributed by atoms with Crippen molar-refractivity contribution in [3.05, 3.63) is 14.7 Å². The van der Waals surface area contributed by atoms with E-state index in [0.29, 0.717) is 29.7 Å². The summed E-state index contributed by atoms with van der Waals surface area (Å²) in [5, 5.41) is 8.90. The highest BCUT2D eigenvalue weighted by Crippen LogP contribution is 2.34. The molecule has 106 valence electrons. The van der Waals surface area contributed by atoms with Crippen LogP contribution in [0.2, 0.25) is 0 Å². The van der Waals surface area contributed by atoms with Crippen molar-refractivity contribution in [2.75, 3.05) is 13.1 Å². The fraction of sp³-hybridized carbons (Fsp3) is 0.500. The lowest BCUT2D eigenvalue weighted by Crippen LogP contribution is -2.42. The molecule has 6 nitrogen and oxygen atoms in total. The Kier molecular flexibility index (Phi) is 4.31. The topological polar surface area (TPSA) is 101 Å².